The Morgan fingerprint density at radius 3 is 2.63 bits per heavy atom. The van der Waals surface area contributed by atoms with Crippen molar-refractivity contribution in [2.45, 2.75) is 45.6 Å². The van der Waals surface area contributed by atoms with Gasteiger partial charge >= 0.3 is 0 Å². The van der Waals surface area contributed by atoms with Crippen molar-refractivity contribution in [3.05, 3.63) is 10.6 Å². The summed E-state index contributed by atoms with van der Waals surface area (Å²) in [6.45, 7) is 5.07. The van der Waals surface area contributed by atoms with Crippen LogP contribution in [0, 0.1) is 0 Å². The highest BCUT2D eigenvalue weighted by molar-refractivity contribution is 7.90. The van der Waals surface area contributed by atoms with Gasteiger partial charge in [0.2, 0.25) is 0 Å². The van der Waals surface area contributed by atoms with E-state index in [1.165, 1.54) is 17.8 Å². The Kier molecular flexibility index (Phi) is 6.88. The first-order valence-corrected chi connectivity index (χ1v) is 9.53. The molecule has 1 aromatic rings. The Morgan fingerprint density at radius 1 is 1.32 bits per heavy atom. The van der Waals surface area contributed by atoms with Crippen molar-refractivity contribution < 1.29 is 8.42 Å². The Labute approximate surface area is 119 Å². The molecule has 110 valence electrons. The number of hydrogen-bond donors (Lipinski definition) is 1. The summed E-state index contributed by atoms with van der Waals surface area (Å²) in [4.78, 5) is 1.10. The maximum Gasteiger partial charge on any atom is 0.147 e. The van der Waals surface area contributed by atoms with Crippen LogP contribution in [0.15, 0.2) is 0 Å². The van der Waals surface area contributed by atoms with Gasteiger partial charge in [-0.05, 0) is 37.3 Å². The average molecular weight is 305 g/mol. The molecule has 0 bridgehead atoms. The summed E-state index contributed by atoms with van der Waals surface area (Å²) in [6.07, 6.45) is 4.80. The van der Waals surface area contributed by atoms with Crippen molar-refractivity contribution >= 4 is 21.4 Å². The highest BCUT2D eigenvalue weighted by Crippen LogP contribution is 2.24. The lowest BCUT2D eigenvalue weighted by molar-refractivity contribution is 0.515. The number of hydrogen-bond acceptors (Lipinski definition) is 6. The standard InChI is InChI=1S/C12H23N3O2S2/c1-4-6-11-12(18-15-14-11)10(13-8-5-2)7-9-19(3,16)17/h10,13H,4-9H2,1-3H3. The fraction of sp³-hybridized carbons (Fsp3) is 0.833. The van der Waals surface area contributed by atoms with Crippen LogP contribution in [0.4, 0.5) is 0 Å². The second-order valence-electron chi connectivity index (χ2n) is 4.76. The molecule has 0 aliphatic carbocycles. The number of aromatic nitrogens is 2. The molecular formula is C12H23N3O2S2. The summed E-state index contributed by atoms with van der Waals surface area (Å²) in [5.41, 5.74) is 1.01. The van der Waals surface area contributed by atoms with E-state index in [1.807, 2.05) is 0 Å². The molecule has 0 saturated carbocycles. The van der Waals surface area contributed by atoms with Crippen molar-refractivity contribution in [1.82, 2.24) is 14.9 Å². The van der Waals surface area contributed by atoms with Crippen LogP contribution in [-0.4, -0.2) is 36.6 Å². The number of rotatable bonds is 9. The molecule has 0 fully saturated rings. The molecule has 1 aromatic heterocycles. The summed E-state index contributed by atoms with van der Waals surface area (Å²) < 4.78 is 26.7. The normalized spacial score (nSPS) is 13.6. The third-order valence-corrected chi connectivity index (χ3v) is 4.66. The molecule has 0 aliphatic heterocycles. The minimum atomic E-state index is -2.94. The zero-order chi connectivity index (χ0) is 14.3. The Balaban J connectivity index is 2.79. The van der Waals surface area contributed by atoms with Crippen LogP contribution in [0.25, 0.3) is 0 Å². The van der Waals surface area contributed by atoms with Gasteiger partial charge in [0, 0.05) is 12.3 Å². The first kappa shape index (κ1) is 16.5. The highest BCUT2D eigenvalue weighted by Gasteiger charge is 2.20. The Bertz CT molecular complexity index is 471. The van der Waals surface area contributed by atoms with E-state index in [0.717, 1.165) is 36.4 Å². The summed E-state index contributed by atoms with van der Waals surface area (Å²) in [7, 11) is -2.94. The smallest absolute Gasteiger partial charge is 0.147 e. The van der Waals surface area contributed by atoms with Gasteiger partial charge in [-0.2, -0.15) is 0 Å². The molecule has 0 saturated heterocycles. The molecule has 1 heterocycles. The number of nitrogens with zero attached hydrogens (tertiary/aromatic N) is 2. The van der Waals surface area contributed by atoms with E-state index in [2.05, 4.69) is 28.8 Å². The van der Waals surface area contributed by atoms with Gasteiger partial charge in [-0.3, -0.25) is 0 Å². The quantitative estimate of drug-likeness (QED) is 0.755. The third-order valence-electron chi connectivity index (χ3n) is 2.81. The molecular weight excluding hydrogens is 282 g/mol. The van der Waals surface area contributed by atoms with E-state index < -0.39 is 9.84 Å². The fourth-order valence-corrected chi connectivity index (χ4v) is 3.33. The lowest BCUT2D eigenvalue weighted by atomic mass is 10.1. The van der Waals surface area contributed by atoms with Crippen molar-refractivity contribution in [3.8, 4) is 0 Å². The zero-order valence-electron chi connectivity index (χ0n) is 11.8. The van der Waals surface area contributed by atoms with Crippen LogP contribution in [0.1, 0.15) is 49.7 Å². The summed E-state index contributed by atoms with van der Waals surface area (Å²) in [5, 5.41) is 7.57. The zero-order valence-corrected chi connectivity index (χ0v) is 13.5. The summed E-state index contributed by atoms with van der Waals surface area (Å²) >= 11 is 1.38. The minimum absolute atomic E-state index is 0.0521. The second-order valence-corrected chi connectivity index (χ2v) is 7.80. The summed E-state index contributed by atoms with van der Waals surface area (Å²) in [6, 6.07) is 0.0521. The molecule has 1 atom stereocenters. The van der Waals surface area contributed by atoms with Gasteiger partial charge in [0.05, 0.1) is 16.3 Å². The van der Waals surface area contributed by atoms with Crippen LogP contribution in [-0.2, 0) is 16.3 Å². The summed E-state index contributed by atoms with van der Waals surface area (Å²) in [5.74, 6) is 0.192. The molecule has 5 nitrogen and oxygen atoms in total. The third kappa shape index (κ3) is 5.97. The lowest BCUT2D eigenvalue weighted by Gasteiger charge is -2.17. The minimum Gasteiger partial charge on any atom is -0.309 e. The van der Waals surface area contributed by atoms with Crippen molar-refractivity contribution in [3.63, 3.8) is 0 Å². The van der Waals surface area contributed by atoms with Crippen LogP contribution in [0.2, 0.25) is 0 Å². The molecule has 0 aliphatic rings. The molecule has 0 spiro atoms. The average Bonchev–Trinajstić information content (AvgIpc) is 2.77. The maximum absolute atomic E-state index is 11.3. The molecule has 0 aromatic carbocycles. The fourth-order valence-electron chi connectivity index (χ4n) is 1.87. The lowest BCUT2D eigenvalue weighted by Crippen LogP contribution is -2.24. The van der Waals surface area contributed by atoms with E-state index in [1.54, 1.807) is 0 Å². The highest BCUT2D eigenvalue weighted by atomic mass is 32.2. The molecule has 1 rings (SSSR count). The molecule has 0 amide bonds. The van der Waals surface area contributed by atoms with Crippen molar-refractivity contribution in [2.75, 3.05) is 18.6 Å². The molecule has 19 heavy (non-hydrogen) atoms. The van der Waals surface area contributed by atoms with Gasteiger partial charge in [-0.25, -0.2) is 8.42 Å². The number of sulfone groups is 1. The van der Waals surface area contributed by atoms with E-state index in [-0.39, 0.29) is 11.8 Å². The first-order valence-electron chi connectivity index (χ1n) is 6.70. The Hall–Kier alpha value is -0.530. The number of nitrogens with one attached hydrogen (secondary N) is 1. The Morgan fingerprint density at radius 2 is 2.05 bits per heavy atom. The second kappa shape index (κ2) is 7.91. The first-order chi connectivity index (χ1) is 8.98. The van der Waals surface area contributed by atoms with E-state index in [0.29, 0.717) is 6.42 Å². The van der Waals surface area contributed by atoms with Crippen molar-refractivity contribution in [1.29, 1.82) is 0 Å². The SMILES string of the molecule is CCCNC(CCS(C)(=O)=O)c1snnc1CCC. The molecule has 0 radical (unpaired) electrons. The van der Waals surface area contributed by atoms with Crippen LogP contribution < -0.4 is 5.32 Å². The van der Waals surface area contributed by atoms with E-state index in [4.69, 9.17) is 0 Å². The maximum atomic E-state index is 11.3. The van der Waals surface area contributed by atoms with Crippen molar-refractivity contribution in [2.24, 2.45) is 0 Å². The van der Waals surface area contributed by atoms with Crippen LogP contribution in [0.3, 0.4) is 0 Å². The van der Waals surface area contributed by atoms with Crippen LogP contribution >= 0.6 is 11.5 Å². The van der Waals surface area contributed by atoms with Gasteiger partial charge in [-0.15, -0.1) is 5.10 Å². The van der Waals surface area contributed by atoms with Gasteiger partial charge in [0.25, 0.3) is 0 Å². The molecule has 1 unspecified atom stereocenters. The molecule has 1 N–H and O–H groups in total. The topological polar surface area (TPSA) is 72.0 Å². The predicted octanol–water partition coefficient (Wildman–Crippen LogP) is 1.97. The van der Waals surface area contributed by atoms with E-state index >= 15 is 0 Å². The van der Waals surface area contributed by atoms with Gasteiger partial charge in [0.15, 0.2) is 0 Å². The monoisotopic (exact) mass is 305 g/mol. The largest absolute Gasteiger partial charge is 0.309 e. The number of aryl methyl sites for hydroxylation is 1. The van der Waals surface area contributed by atoms with E-state index in [9.17, 15) is 8.42 Å². The van der Waals surface area contributed by atoms with Gasteiger partial charge in [0.1, 0.15) is 9.84 Å². The van der Waals surface area contributed by atoms with Crippen LogP contribution in [0.5, 0.6) is 0 Å². The van der Waals surface area contributed by atoms with Gasteiger partial charge < -0.3 is 5.32 Å². The molecule has 7 heteroatoms. The predicted molar refractivity (Wildman–Crippen MR) is 79.3 cm³/mol. The van der Waals surface area contributed by atoms with Gasteiger partial charge in [-0.1, -0.05) is 24.8 Å².